The predicted octanol–water partition coefficient (Wildman–Crippen LogP) is 1.70. The summed E-state index contributed by atoms with van der Waals surface area (Å²) in [5.41, 5.74) is 0.106. The fourth-order valence-corrected chi connectivity index (χ4v) is 2.33. The molecule has 1 unspecified atom stereocenters. The number of nitrogens with one attached hydrogen (secondary N) is 1. The van der Waals surface area contributed by atoms with Crippen molar-refractivity contribution in [3.8, 4) is 0 Å². The van der Waals surface area contributed by atoms with E-state index in [1.165, 1.54) is 0 Å². The van der Waals surface area contributed by atoms with Gasteiger partial charge in [-0.05, 0) is 38.6 Å². The molecule has 1 atom stereocenters. The van der Waals surface area contributed by atoms with Crippen LogP contribution in [0.25, 0.3) is 0 Å². The van der Waals surface area contributed by atoms with E-state index < -0.39 is 0 Å². The first-order valence-corrected chi connectivity index (χ1v) is 6.24. The maximum Gasteiger partial charge on any atom is 0.0692 e. The van der Waals surface area contributed by atoms with E-state index in [9.17, 15) is 0 Å². The van der Waals surface area contributed by atoms with Gasteiger partial charge < -0.3 is 15.2 Å². The first-order valence-electron chi connectivity index (χ1n) is 6.24. The molecule has 0 aromatic carbocycles. The molecule has 90 valence electrons. The van der Waals surface area contributed by atoms with Crippen molar-refractivity contribution < 1.29 is 9.84 Å². The van der Waals surface area contributed by atoms with Gasteiger partial charge in [0.1, 0.15) is 0 Å². The van der Waals surface area contributed by atoms with Crippen molar-refractivity contribution in [1.82, 2.24) is 5.32 Å². The molecule has 1 rings (SSSR count). The number of hydrogen-bond acceptors (Lipinski definition) is 3. The molecule has 0 saturated carbocycles. The van der Waals surface area contributed by atoms with Gasteiger partial charge in [0.2, 0.25) is 0 Å². The van der Waals surface area contributed by atoms with Crippen LogP contribution in [0.5, 0.6) is 0 Å². The monoisotopic (exact) mass is 215 g/mol. The normalized spacial score (nSPS) is 25.4. The molecule has 0 aromatic rings. The van der Waals surface area contributed by atoms with Gasteiger partial charge in [-0.2, -0.15) is 0 Å². The highest BCUT2D eigenvalue weighted by Gasteiger charge is 2.33. The van der Waals surface area contributed by atoms with Crippen LogP contribution in [0.15, 0.2) is 0 Å². The SMILES string of the molecule is CCC1(CC)CC(NCCCO)CCO1. The Morgan fingerprint density at radius 1 is 1.40 bits per heavy atom. The van der Waals surface area contributed by atoms with Crippen LogP contribution in [0.2, 0.25) is 0 Å². The zero-order chi connectivity index (χ0) is 11.1. The summed E-state index contributed by atoms with van der Waals surface area (Å²) >= 11 is 0. The number of aliphatic hydroxyl groups is 1. The summed E-state index contributed by atoms with van der Waals surface area (Å²) in [6, 6.07) is 0.574. The van der Waals surface area contributed by atoms with Crippen molar-refractivity contribution in [3.05, 3.63) is 0 Å². The summed E-state index contributed by atoms with van der Waals surface area (Å²) in [5.74, 6) is 0. The summed E-state index contributed by atoms with van der Waals surface area (Å²) in [4.78, 5) is 0. The minimum absolute atomic E-state index is 0.106. The first kappa shape index (κ1) is 12.9. The van der Waals surface area contributed by atoms with E-state index in [1.807, 2.05) is 0 Å². The molecule has 15 heavy (non-hydrogen) atoms. The molecule has 0 aromatic heterocycles. The lowest BCUT2D eigenvalue weighted by Gasteiger charge is -2.40. The molecule has 1 saturated heterocycles. The zero-order valence-corrected chi connectivity index (χ0v) is 10.1. The Morgan fingerprint density at radius 3 is 2.73 bits per heavy atom. The number of ether oxygens (including phenoxy) is 1. The van der Waals surface area contributed by atoms with Crippen molar-refractivity contribution in [2.75, 3.05) is 19.8 Å². The molecule has 0 aliphatic carbocycles. The van der Waals surface area contributed by atoms with Crippen molar-refractivity contribution in [2.45, 2.75) is 57.6 Å². The minimum Gasteiger partial charge on any atom is -0.396 e. The molecule has 2 N–H and O–H groups in total. The molecule has 1 heterocycles. The summed E-state index contributed by atoms with van der Waals surface area (Å²) in [5, 5.41) is 12.2. The van der Waals surface area contributed by atoms with Gasteiger partial charge in [-0.15, -0.1) is 0 Å². The fraction of sp³-hybridized carbons (Fsp3) is 1.00. The van der Waals surface area contributed by atoms with Crippen molar-refractivity contribution in [2.24, 2.45) is 0 Å². The van der Waals surface area contributed by atoms with E-state index in [4.69, 9.17) is 9.84 Å². The maximum absolute atomic E-state index is 8.73. The van der Waals surface area contributed by atoms with Crippen LogP contribution >= 0.6 is 0 Å². The highest BCUT2D eigenvalue weighted by Crippen LogP contribution is 2.31. The standard InChI is InChI=1S/C12H25NO2/c1-3-12(4-2)10-11(6-9-15-12)13-7-5-8-14/h11,13-14H,3-10H2,1-2H3. The van der Waals surface area contributed by atoms with Crippen LogP contribution in [0, 0.1) is 0 Å². The van der Waals surface area contributed by atoms with E-state index in [0.717, 1.165) is 45.3 Å². The van der Waals surface area contributed by atoms with Gasteiger partial charge in [-0.25, -0.2) is 0 Å². The van der Waals surface area contributed by atoms with Crippen molar-refractivity contribution in [3.63, 3.8) is 0 Å². The van der Waals surface area contributed by atoms with Gasteiger partial charge in [0, 0.05) is 19.3 Å². The van der Waals surface area contributed by atoms with E-state index in [2.05, 4.69) is 19.2 Å². The molecular weight excluding hydrogens is 190 g/mol. The van der Waals surface area contributed by atoms with Crippen LogP contribution < -0.4 is 5.32 Å². The van der Waals surface area contributed by atoms with Gasteiger partial charge in [-0.1, -0.05) is 13.8 Å². The number of rotatable bonds is 6. The van der Waals surface area contributed by atoms with Crippen LogP contribution in [-0.2, 0) is 4.74 Å². The molecule has 0 amide bonds. The van der Waals surface area contributed by atoms with E-state index >= 15 is 0 Å². The Labute approximate surface area is 93.2 Å². The summed E-state index contributed by atoms with van der Waals surface area (Å²) in [6.45, 7) is 6.49. The van der Waals surface area contributed by atoms with Gasteiger partial charge in [0.25, 0.3) is 0 Å². The van der Waals surface area contributed by atoms with Gasteiger partial charge in [0.15, 0.2) is 0 Å². The Balaban J connectivity index is 2.34. The molecule has 1 aliphatic rings. The lowest BCUT2D eigenvalue weighted by atomic mass is 9.86. The molecule has 1 fully saturated rings. The first-order chi connectivity index (χ1) is 7.26. The van der Waals surface area contributed by atoms with E-state index in [0.29, 0.717) is 6.04 Å². The predicted molar refractivity (Wildman–Crippen MR) is 62.0 cm³/mol. The third-order valence-corrected chi connectivity index (χ3v) is 3.55. The second-order valence-electron chi connectivity index (χ2n) is 4.46. The molecule has 0 radical (unpaired) electrons. The second kappa shape index (κ2) is 6.46. The quantitative estimate of drug-likeness (QED) is 0.663. The third-order valence-electron chi connectivity index (χ3n) is 3.55. The van der Waals surface area contributed by atoms with Crippen LogP contribution in [-0.4, -0.2) is 36.5 Å². The molecule has 0 bridgehead atoms. The third kappa shape index (κ3) is 3.74. The average molecular weight is 215 g/mol. The topological polar surface area (TPSA) is 41.5 Å². The molecule has 3 heteroatoms. The highest BCUT2D eigenvalue weighted by molar-refractivity contribution is 4.87. The average Bonchev–Trinajstić information content (AvgIpc) is 2.30. The highest BCUT2D eigenvalue weighted by atomic mass is 16.5. The molecular formula is C12H25NO2. The minimum atomic E-state index is 0.106. The summed E-state index contributed by atoms with van der Waals surface area (Å²) < 4.78 is 5.91. The maximum atomic E-state index is 8.73. The molecule has 3 nitrogen and oxygen atoms in total. The largest absolute Gasteiger partial charge is 0.396 e. The molecule has 1 aliphatic heterocycles. The Hall–Kier alpha value is -0.120. The lowest BCUT2D eigenvalue weighted by Crippen LogP contribution is -2.46. The number of hydrogen-bond donors (Lipinski definition) is 2. The van der Waals surface area contributed by atoms with Crippen molar-refractivity contribution >= 4 is 0 Å². The van der Waals surface area contributed by atoms with E-state index in [1.54, 1.807) is 0 Å². The Morgan fingerprint density at radius 2 is 2.13 bits per heavy atom. The van der Waals surface area contributed by atoms with Crippen molar-refractivity contribution in [1.29, 1.82) is 0 Å². The fourth-order valence-electron chi connectivity index (χ4n) is 2.33. The lowest BCUT2D eigenvalue weighted by molar-refractivity contribution is -0.0930. The zero-order valence-electron chi connectivity index (χ0n) is 10.1. The number of aliphatic hydroxyl groups excluding tert-OH is 1. The van der Waals surface area contributed by atoms with Gasteiger partial charge in [-0.3, -0.25) is 0 Å². The summed E-state index contributed by atoms with van der Waals surface area (Å²) in [7, 11) is 0. The van der Waals surface area contributed by atoms with Crippen LogP contribution in [0.1, 0.15) is 46.0 Å². The van der Waals surface area contributed by atoms with E-state index in [-0.39, 0.29) is 12.2 Å². The second-order valence-corrected chi connectivity index (χ2v) is 4.46. The van der Waals surface area contributed by atoms with Gasteiger partial charge >= 0.3 is 0 Å². The smallest absolute Gasteiger partial charge is 0.0692 e. The van der Waals surface area contributed by atoms with Gasteiger partial charge in [0.05, 0.1) is 5.60 Å². The summed E-state index contributed by atoms with van der Waals surface area (Å²) in [6.07, 6.45) is 5.27. The Kier molecular flexibility index (Phi) is 5.58. The van der Waals surface area contributed by atoms with Crippen LogP contribution in [0.3, 0.4) is 0 Å². The molecule has 0 spiro atoms. The van der Waals surface area contributed by atoms with Crippen LogP contribution in [0.4, 0.5) is 0 Å². The Bertz CT molecular complexity index is 169.